The van der Waals surface area contributed by atoms with E-state index in [-0.39, 0.29) is 11.3 Å². The number of nitrogens with one attached hydrogen (secondary N) is 1. The van der Waals surface area contributed by atoms with E-state index in [9.17, 15) is 4.79 Å². The van der Waals surface area contributed by atoms with E-state index in [4.69, 9.17) is 5.73 Å². The molecule has 1 fully saturated rings. The molecule has 1 heterocycles. The van der Waals surface area contributed by atoms with Gasteiger partial charge in [-0.05, 0) is 51.1 Å². The van der Waals surface area contributed by atoms with Crippen LogP contribution in [0.3, 0.4) is 0 Å². The Bertz CT molecular complexity index is 299. The third-order valence-electron chi connectivity index (χ3n) is 4.33. The second-order valence-corrected chi connectivity index (χ2v) is 7.22. The lowest BCUT2D eigenvalue weighted by atomic mass is 9.87. The predicted octanol–water partition coefficient (Wildman–Crippen LogP) is 2.13. The Balaban J connectivity index is 2.11. The highest BCUT2D eigenvalue weighted by molar-refractivity contribution is 5.82. The highest BCUT2D eigenvalue weighted by Crippen LogP contribution is 2.17. The number of hydrogen-bond donors (Lipinski definition) is 2. The van der Waals surface area contributed by atoms with Crippen molar-refractivity contribution >= 4 is 5.91 Å². The molecule has 1 aliphatic rings. The number of nitrogens with zero attached hydrogens (tertiary/aromatic N) is 1. The van der Waals surface area contributed by atoms with Crippen molar-refractivity contribution < 1.29 is 4.79 Å². The number of amides is 1. The molecule has 3 N–H and O–H groups in total. The van der Waals surface area contributed by atoms with Crippen molar-refractivity contribution in [1.82, 2.24) is 10.2 Å². The molecule has 1 saturated heterocycles. The fourth-order valence-corrected chi connectivity index (χ4v) is 2.64. The molecule has 1 aliphatic heterocycles. The van der Waals surface area contributed by atoms with Crippen LogP contribution >= 0.6 is 0 Å². The van der Waals surface area contributed by atoms with Gasteiger partial charge in [0, 0.05) is 12.6 Å². The lowest BCUT2D eigenvalue weighted by molar-refractivity contribution is -0.124. The quantitative estimate of drug-likeness (QED) is 0.734. The molecule has 0 bridgehead atoms. The van der Waals surface area contributed by atoms with Gasteiger partial charge in [0.1, 0.15) is 0 Å². The highest BCUT2D eigenvalue weighted by Gasteiger charge is 2.26. The molecule has 1 amide bonds. The van der Waals surface area contributed by atoms with Crippen LogP contribution in [-0.2, 0) is 4.79 Å². The third-order valence-corrected chi connectivity index (χ3v) is 4.33. The van der Waals surface area contributed by atoms with Crippen molar-refractivity contribution in [2.24, 2.45) is 11.1 Å². The van der Waals surface area contributed by atoms with E-state index in [1.54, 1.807) is 0 Å². The summed E-state index contributed by atoms with van der Waals surface area (Å²) in [4.78, 5) is 14.4. The number of unbranched alkanes of at least 4 members (excludes halogenated alkanes) is 1. The molecule has 0 spiro atoms. The minimum atomic E-state index is -0.426. The average molecular weight is 283 g/mol. The van der Waals surface area contributed by atoms with Crippen LogP contribution in [0.5, 0.6) is 0 Å². The molecule has 0 aromatic carbocycles. The van der Waals surface area contributed by atoms with E-state index in [2.05, 4.69) is 17.1 Å². The normalized spacial score (nSPS) is 22.6. The molecule has 0 saturated carbocycles. The molecule has 1 unspecified atom stereocenters. The van der Waals surface area contributed by atoms with Gasteiger partial charge in [-0.15, -0.1) is 0 Å². The van der Waals surface area contributed by atoms with E-state index < -0.39 is 6.04 Å². The zero-order valence-corrected chi connectivity index (χ0v) is 13.7. The fourth-order valence-electron chi connectivity index (χ4n) is 2.64. The molecule has 4 heteroatoms. The number of hydrogen-bond acceptors (Lipinski definition) is 3. The van der Waals surface area contributed by atoms with Gasteiger partial charge in [0.25, 0.3) is 0 Å². The Hall–Kier alpha value is -0.610. The maximum Gasteiger partial charge on any atom is 0.237 e. The average Bonchev–Trinajstić information content (AvgIpc) is 2.38. The SMILES string of the molecule is CC1CCCCN1CCCCNC(=O)[C@@H](N)C(C)(C)C. The van der Waals surface area contributed by atoms with Crippen LogP contribution in [0.1, 0.15) is 59.8 Å². The number of carbonyl (C=O) groups is 1. The molecule has 0 aliphatic carbocycles. The second kappa shape index (κ2) is 7.99. The smallest absolute Gasteiger partial charge is 0.237 e. The summed E-state index contributed by atoms with van der Waals surface area (Å²) in [7, 11) is 0. The van der Waals surface area contributed by atoms with Crippen molar-refractivity contribution in [3.8, 4) is 0 Å². The van der Waals surface area contributed by atoms with Gasteiger partial charge in [-0.2, -0.15) is 0 Å². The van der Waals surface area contributed by atoms with Gasteiger partial charge in [-0.25, -0.2) is 0 Å². The number of rotatable bonds is 6. The summed E-state index contributed by atoms with van der Waals surface area (Å²) in [6, 6.07) is 0.303. The molecule has 1 rings (SSSR count). The van der Waals surface area contributed by atoms with Crippen LogP contribution < -0.4 is 11.1 Å². The minimum Gasteiger partial charge on any atom is -0.355 e. The van der Waals surface area contributed by atoms with E-state index in [1.165, 1.54) is 25.8 Å². The Morgan fingerprint density at radius 1 is 1.35 bits per heavy atom. The van der Waals surface area contributed by atoms with Crippen LogP contribution in [0.4, 0.5) is 0 Å². The molecule has 0 aromatic rings. The van der Waals surface area contributed by atoms with Crippen molar-refractivity contribution in [2.75, 3.05) is 19.6 Å². The summed E-state index contributed by atoms with van der Waals surface area (Å²) < 4.78 is 0. The van der Waals surface area contributed by atoms with E-state index in [1.807, 2.05) is 20.8 Å². The minimum absolute atomic E-state index is 0.0242. The van der Waals surface area contributed by atoms with Crippen molar-refractivity contribution in [1.29, 1.82) is 0 Å². The Morgan fingerprint density at radius 3 is 2.65 bits per heavy atom. The summed E-state index contributed by atoms with van der Waals surface area (Å²) in [5.41, 5.74) is 5.75. The molecule has 118 valence electrons. The fraction of sp³-hybridized carbons (Fsp3) is 0.938. The monoisotopic (exact) mass is 283 g/mol. The largest absolute Gasteiger partial charge is 0.355 e. The van der Waals surface area contributed by atoms with Gasteiger partial charge in [0.15, 0.2) is 0 Å². The summed E-state index contributed by atoms with van der Waals surface area (Å²) in [5, 5.41) is 2.96. The maximum absolute atomic E-state index is 11.9. The predicted molar refractivity (Wildman–Crippen MR) is 84.6 cm³/mol. The lowest BCUT2D eigenvalue weighted by Gasteiger charge is -2.33. The van der Waals surface area contributed by atoms with E-state index in [0.29, 0.717) is 0 Å². The molecule has 4 nitrogen and oxygen atoms in total. The van der Waals surface area contributed by atoms with Crippen LogP contribution in [0.2, 0.25) is 0 Å². The summed E-state index contributed by atoms with van der Waals surface area (Å²) in [5.74, 6) is -0.0242. The van der Waals surface area contributed by atoms with E-state index >= 15 is 0 Å². The Morgan fingerprint density at radius 2 is 2.05 bits per heavy atom. The second-order valence-electron chi connectivity index (χ2n) is 7.22. The first-order chi connectivity index (χ1) is 9.32. The van der Waals surface area contributed by atoms with Gasteiger partial charge in [0.2, 0.25) is 5.91 Å². The molecule has 20 heavy (non-hydrogen) atoms. The molecule has 0 aromatic heterocycles. The molecule has 0 radical (unpaired) electrons. The summed E-state index contributed by atoms with van der Waals surface area (Å²) in [6.07, 6.45) is 6.22. The topological polar surface area (TPSA) is 58.4 Å². The number of piperidine rings is 1. The van der Waals surface area contributed by atoms with Gasteiger partial charge < -0.3 is 16.0 Å². The van der Waals surface area contributed by atoms with Crippen molar-refractivity contribution in [3.05, 3.63) is 0 Å². The van der Waals surface area contributed by atoms with Gasteiger partial charge in [-0.1, -0.05) is 27.2 Å². The maximum atomic E-state index is 11.9. The standard InChI is InChI=1S/C16H33N3O/c1-13-9-5-7-11-19(13)12-8-6-10-18-15(20)14(17)16(2,3)4/h13-14H,5-12,17H2,1-4H3,(H,18,20)/t13?,14-/m1/s1. The van der Waals surface area contributed by atoms with Gasteiger partial charge >= 0.3 is 0 Å². The number of nitrogens with two attached hydrogens (primary N) is 1. The zero-order valence-electron chi connectivity index (χ0n) is 13.7. The van der Waals surface area contributed by atoms with Crippen LogP contribution in [-0.4, -0.2) is 42.5 Å². The number of likely N-dealkylation sites (tertiary alicyclic amines) is 1. The summed E-state index contributed by atoms with van der Waals surface area (Å²) in [6.45, 7) is 11.4. The van der Waals surface area contributed by atoms with Crippen LogP contribution in [0.25, 0.3) is 0 Å². The van der Waals surface area contributed by atoms with Crippen molar-refractivity contribution in [3.63, 3.8) is 0 Å². The number of carbonyl (C=O) groups excluding carboxylic acids is 1. The Kier molecular flexibility index (Phi) is 6.96. The Labute approximate surface area is 124 Å². The zero-order chi connectivity index (χ0) is 15.2. The third kappa shape index (κ3) is 5.80. The molecular weight excluding hydrogens is 250 g/mol. The van der Waals surface area contributed by atoms with E-state index in [0.717, 1.165) is 32.0 Å². The van der Waals surface area contributed by atoms with Gasteiger partial charge in [-0.3, -0.25) is 4.79 Å². The first kappa shape index (κ1) is 17.4. The first-order valence-corrected chi connectivity index (χ1v) is 8.09. The van der Waals surface area contributed by atoms with Crippen molar-refractivity contribution in [2.45, 2.75) is 71.9 Å². The van der Waals surface area contributed by atoms with Crippen LogP contribution in [0.15, 0.2) is 0 Å². The van der Waals surface area contributed by atoms with Gasteiger partial charge in [0.05, 0.1) is 6.04 Å². The molecular formula is C16H33N3O. The lowest BCUT2D eigenvalue weighted by Crippen LogP contribution is -2.48. The summed E-state index contributed by atoms with van der Waals surface area (Å²) >= 11 is 0. The van der Waals surface area contributed by atoms with Crippen LogP contribution in [0, 0.1) is 5.41 Å². The first-order valence-electron chi connectivity index (χ1n) is 8.09. The highest BCUT2D eigenvalue weighted by atomic mass is 16.2. The molecule has 2 atom stereocenters.